The van der Waals surface area contributed by atoms with Crippen molar-refractivity contribution in [2.24, 2.45) is 5.92 Å². The molecule has 34 heavy (non-hydrogen) atoms. The number of anilines is 1. The largest absolute Gasteiger partial charge is 0.489 e. The normalized spacial score (nSPS) is 21.6. The summed E-state index contributed by atoms with van der Waals surface area (Å²) in [6.45, 7) is 0. The Bertz CT molecular complexity index is 1340. The van der Waals surface area contributed by atoms with Crippen LogP contribution in [0, 0.1) is 5.92 Å². The van der Waals surface area contributed by atoms with Crippen LogP contribution in [0.4, 0.5) is 5.82 Å². The van der Waals surface area contributed by atoms with E-state index in [1.54, 1.807) is 6.20 Å². The highest BCUT2D eigenvalue weighted by Gasteiger charge is 2.59. The van der Waals surface area contributed by atoms with Gasteiger partial charge in [0.2, 0.25) is 5.91 Å². The van der Waals surface area contributed by atoms with Gasteiger partial charge in [0.1, 0.15) is 35.0 Å². The first kappa shape index (κ1) is 21.6. The number of pyridine rings is 1. The number of amides is 1. The van der Waals surface area contributed by atoms with Gasteiger partial charge >= 0.3 is 0 Å². The van der Waals surface area contributed by atoms with Gasteiger partial charge in [-0.15, -0.1) is 0 Å². The summed E-state index contributed by atoms with van der Waals surface area (Å²) in [5.74, 6) is 3.31. The van der Waals surface area contributed by atoms with E-state index in [1.807, 2.05) is 42.5 Å². The molecule has 3 heterocycles. The maximum absolute atomic E-state index is 12.7. The van der Waals surface area contributed by atoms with Gasteiger partial charge < -0.3 is 14.8 Å². The third-order valence-electron chi connectivity index (χ3n) is 6.67. The van der Waals surface area contributed by atoms with Crippen LogP contribution in [0.3, 0.4) is 0 Å². The number of ether oxygens (including phenoxy) is 2. The fraction of sp³-hybridized carbons (Fsp3) is 0.269. The van der Waals surface area contributed by atoms with E-state index in [2.05, 4.69) is 26.2 Å². The van der Waals surface area contributed by atoms with E-state index < -0.39 is 0 Å². The zero-order valence-corrected chi connectivity index (χ0v) is 20.4. The number of nitrogens with zero attached hydrogens (tertiary/aromatic N) is 1. The highest BCUT2D eigenvalue weighted by molar-refractivity contribution is 9.10. The molecule has 172 valence electrons. The molecule has 1 unspecified atom stereocenters. The Kier molecular flexibility index (Phi) is 5.34. The third kappa shape index (κ3) is 3.97. The Hall–Kier alpha value is -2.90. The van der Waals surface area contributed by atoms with Gasteiger partial charge in [0.25, 0.3) is 0 Å². The molecule has 1 amide bonds. The number of nitrogens with one attached hydrogen (secondary N) is 1. The van der Waals surface area contributed by atoms with Crippen LogP contribution in [0.1, 0.15) is 35.4 Å². The predicted molar refractivity (Wildman–Crippen MR) is 131 cm³/mol. The molecule has 3 aromatic rings. The van der Waals surface area contributed by atoms with Crippen molar-refractivity contribution in [3.8, 4) is 17.2 Å². The van der Waals surface area contributed by atoms with E-state index in [0.717, 1.165) is 26.9 Å². The zero-order chi connectivity index (χ0) is 23.4. The number of benzene rings is 2. The molecule has 1 aliphatic carbocycles. The summed E-state index contributed by atoms with van der Waals surface area (Å²) in [5, 5.41) is 3.39. The number of aromatic nitrogens is 1. The van der Waals surface area contributed by atoms with E-state index in [1.165, 1.54) is 0 Å². The van der Waals surface area contributed by atoms with Crippen molar-refractivity contribution in [3.63, 3.8) is 0 Å². The second-order valence-corrected chi connectivity index (χ2v) is 10.2. The first-order valence-electron chi connectivity index (χ1n) is 11.2. The van der Waals surface area contributed by atoms with Crippen LogP contribution in [0.15, 0.2) is 53.1 Å². The van der Waals surface area contributed by atoms with Crippen LogP contribution in [-0.4, -0.2) is 22.8 Å². The highest BCUT2D eigenvalue weighted by Crippen LogP contribution is 2.60. The molecule has 8 heteroatoms. The molecule has 1 N–H and O–H groups in total. The lowest BCUT2D eigenvalue weighted by Crippen LogP contribution is -2.20. The van der Waals surface area contributed by atoms with Crippen molar-refractivity contribution in [1.29, 1.82) is 0 Å². The minimum Gasteiger partial charge on any atom is -0.489 e. The zero-order valence-electron chi connectivity index (χ0n) is 18.0. The molecule has 0 bridgehead atoms. The second kappa shape index (κ2) is 8.40. The number of rotatable bonds is 6. The summed E-state index contributed by atoms with van der Waals surface area (Å²) in [6, 6.07) is 13.2. The number of Topliss-reactive ketones (excluding diaryl/α,β-unsaturated/α-hetero) is 1. The molecular weight excluding hydrogens is 520 g/mol. The van der Waals surface area contributed by atoms with Crippen molar-refractivity contribution in [2.75, 3.05) is 5.32 Å². The lowest BCUT2D eigenvalue weighted by molar-refractivity contribution is -0.119. The molecule has 3 atom stereocenters. The molecule has 2 aromatic carbocycles. The minimum absolute atomic E-state index is 0.0328. The van der Waals surface area contributed by atoms with Crippen molar-refractivity contribution in [2.45, 2.75) is 37.7 Å². The molecule has 0 radical (unpaired) electrons. The van der Waals surface area contributed by atoms with Crippen molar-refractivity contribution in [3.05, 3.63) is 74.8 Å². The van der Waals surface area contributed by atoms with Gasteiger partial charge in [-0.1, -0.05) is 33.6 Å². The second-order valence-electron chi connectivity index (χ2n) is 8.91. The molecule has 1 fully saturated rings. The Balaban J connectivity index is 1.15. The Morgan fingerprint density at radius 1 is 1.21 bits per heavy atom. The lowest BCUT2D eigenvalue weighted by atomic mass is 10.0. The molecule has 6 rings (SSSR count). The molecule has 3 aliphatic rings. The topological polar surface area (TPSA) is 77.5 Å². The first-order chi connectivity index (χ1) is 16.5. The van der Waals surface area contributed by atoms with E-state index in [9.17, 15) is 9.59 Å². The Labute approximate surface area is 209 Å². The summed E-state index contributed by atoms with van der Waals surface area (Å²) in [6.07, 6.45) is 3.46. The average Bonchev–Trinajstić information content (AvgIpc) is 3.32. The molecule has 6 nitrogen and oxygen atoms in total. The number of carbonyl (C=O) groups is 2. The smallest absolute Gasteiger partial charge is 0.225 e. The number of halogens is 2. The quantitative estimate of drug-likeness (QED) is 0.425. The Morgan fingerprint density at radius 3 is 2.94 bits per heavy atom. The van der Waals surface area contributed by atoms with Gasteiger partial charge in [-0.25, -0.2) is 4.98 Å². The monoisotopic (exact) mass is 538 g/mol. The van der Waals surface area contributed by atoms with Crippen LogP contribution in [0.25, 0.3) is 0 Å². The number of carbonyl (C=O) groups excluding carboxylic acids is 2. The number of hydrogen-bond acceptors (Lipinski definition) is 5. The van der Waals surface area contributed by atoms with Crippen LogP contribution < -0.4 is 14.8 Å². The van der Waals surface area contributed by atoms with Crippen LogP contribution in [0.2, 0.25) is 5.02 Å². The molecular formula is C26H20BrClN2O4. The molecule has 2 aliphatic heterocycles. The average molecular weight is 540 g/mol. The SMILES string of the molecule is O=C(Cc1ccc(Br)cc1Cl)C[C@@H]1C2Oc3ccc(Oc4ccnc5c4CCC(=O)N5)cc3[C@H]21. The van der Waals surface area contributed by atoms with E-state index in [4.69, 9.17) is 21.1 Å². The van der Waals surface area contributed by atoms with Crippen LogP contribution >= 0.6 is 27.5 Å². The Morgan fingerprint density at radius 2 is 2.09 bits per heavy atom. The summed E-state index contributed by atoms with van der Waals surface area (Å²) >= 11 is 9.67. The van der Waals surface area contributed by atoms with Gasteiger partial charge in [-0.05, 0) is 48.4 Å². The summed E-state index contributed by atoms with van der Waals surface area (Å²) in [5.41, 5.74) is 2.82. The number of hydrogen-bond donors (Lipinski definition) is 1. The number of fused-ring (bicyclic) bond motifs is 4. The van der Waals surface area contributed by atoms with E-state index in [0.29, 0.717) is 48.0 Å². The molecule has 1 saturated carbocycles. The molecule has 0 saturated heterocycles. The van der Waals surface area contributed by atoms with Crippen molar-refractivity contribution >= 4 is 45.0 Å². The fourth-order valence-electron chi connectivity index (χ4n) is 4.95. The van der Waals surface area contributed by atoms with Gasteiger partial charge in [0.15, 0.2) is 0 Å². The molecule has 1 aromatic heterocycles. The first-order valence-corrected chi connectivity index (χ1v) is 12.3. The van der Waals surface area contributed by atoms with Crippen molar-refractivity contribution < 1.29 is 19.1 Å². The van der Waals surface area contributed by atoms with Gasteiger partial charge in [-0.2, -0.15) is 0 Å². The summed E-state index contributed by atoms with van der Waals surface area (Å²) in [7, 11) is 0. The fourth-order valence-corrected chi connectivity index (χ4v) is 5.69. The van der Waals surface area contributed by atoms with Gasteiger partial charge in [-0.3, -0.25) is 9.59 Å². The predicted octanol–water partition coefficient (Wildman–Crippen LogP) is 5.85. The maximum Gasteiger partial charge on any atom is 0.225 e. The van der Waals surface area contributed by atoms with E-state index >= 15 is 0 Å². The van der Waals surface area contributed by atoms with Gasteiger partial charge in [0, 0.05) is 57.9 Å². The standard InChI is InChI=1S/C26H20BrClN2O4/c27-14-2-1-13(20(28)10-14)9-15(31)11-19-24-18-12-16(3-5-21(18)34-25(19)24)33-22-7-8-29-26-17(22)4-6-23(32)30-26/h1-3,5,7-8,10,12,19,24-25H,4,6,9,11H2,(H,29,30,32)/t19-,24-,25?/m0/s1. The number of ketones is 1. The van der Waals surface area contributed by atoms with Crippen LogP contribution in [-0.2, 0) is 22.4 Å². The highest BCUT2D eigenvalue weighted by atomic mass is 79.9. The molecule has 0 spiro atoms. The minimum atomic E-state index is -0.0328. The van der Waals surface area contributed by atoms with E-state index in [-0.39, 0.29) is 29.6 Å². The third-order valence-corrected chi connectivity index (χ3v) is 7.51. The van der Waals surface area contributed by atoms with Crippen LogP contribution in [0.5, 0.6) is 17.2 Å². The summed E-state index contributed by atoms with van der Waals surface area (Å²) < 4.78 is 13.2. The van der Waals surface area contributed by atoms with Crippen molar-refractivity contribution in [1.82, 2.24) is 4.98 Å². The lowest BCUT2D eigenvalue weighted by Gasteiger charge is -2.19. The maximum atomic E-state index is 12.7. The van der Waals surface area contributed by atoms with Gasteiger partial charge in [0.05, 0.1) is 0 Å². The summed E-state index contributed by atoms with van der Waals surface area (Å²) in [4.78, 5) is 28.6.